The van der Waals surface area contributed by atoms with Crippen molar-refractivity contribution in [1.82, 2.24) is 0 Å². The number of nitrogens with two attached hydrogens (primary N) is 1. The molecule has 0 radical (unpaired) electrons. The van der Waals surface area contributed by atoms with Gasteiger partial charge in [-0.05, 0) is 31.4 Å². The zero-order valence-electron chi connectivity index (χ0n) is 13.1. The van der Waals surface area contributed by atoms with Crippen LogP contribution in [0, 0.1) is 0 Å². The number of rotatable bonds is 15. The number of unbranched alkanes of at least 4 members (excludes halogenated alkanes) is 10. The first-order chi connectivity index (χ1) is 9.81. The van der Waals surface area contributed by atoms with Crippen molar-refractivity contribution in [2.24, 2.45) is 5.73 Å². The van der Waals surface area contributed by atoms with Crippen LogP contribution >= 0.6 is 12.6 Å². The predicted octanol–water partition coefficient (Wildman–Crippen LogP) is 4.47. The summed E-state index contributed by atoms with van der Waals surface area (Å²) in [6, 6.07) is -0.0843. The molecule has 2 nitrogen and oxygen atoms in total. The smallest absolute Gasteiger partial charge is 0.0585 e. The van der Waals surface area contributed by atoms with Crippen molar-refractivity contribution in [3.8, 4) is 0 Å². The largest absolute Gasteiger partial charge is 0.395 e. The topological polar surface area (TPSA) is 46.2 Å². The van der Waals surface area contributed by atoms with Gasteiger partial charge in [0.05, 0.1) is 6.61 Å². The van der Waals surface area contributed by atoms with Gasteiger partial charge in [-0.15, -0.1) is 0 Å². The lowest BCUT2D eigenvalue weighted by atomic mass is 10.1. The Morgan fingerprint density at radius 1 is 0.800 bits per heavy atom. The molecule has 0 aromatic carbocycles. The molecular formula is C17H35NOS. The van der Waals surface area contributed by atoms with Crippen LogP contribution in [-0.2, 0) is 0 Å². The standard InChI is InChI=1S/C17H35NOS/c18-17(16-19)14-12-10-8-6-4-2-1-3-5-7-9-11-13-15-20/h10,12,17,19-20H,1-9,11,13-16,18H2/b12-10+/t17-/m1/s1. The lowest BCUT2D eigenvalue weighted by Gasteiger charge is -2.03. The van der Waals surface area contributed by atoms with E-state index in [1.165, 1.54) is 64.2 Å². The van der Waals surface area contributed by atoms with Crippen molar-refractivity contribution in [3.63, 3.8) is 0 Å². The highest BCUT2D eigenvalue weighted by Gasteiger charge is 1.95. The van der Waals surface area contributed by atoms with E-state index in [-0.39, 0.29) is 12.6 Å². The SMILES string of the molecule is N[C@@H](CO)C/C=C/CCCCCCCCCCCCS. The van der Waals surface area contributed by atoms with Crippen molar-refractivity contribution in [3.05, 3.63) is 12.2 Å². The molecule has 0 saturated heterocycles. The molecular weight excluding hydrogens is 266 g/mol. The van der Waals surface area contributed by atoms with E-state index in [0.717, 1.165) is 18.6 Å². The third kappa shape index (κ3) is 16.1. The van der Waals surface area contributed by atoms with E-state index in [1.54, 1.807) is 0 Å². The molecule has 120 valence electrons. The van der Waals surface area contributed by atoms with Crippen LogP contribution in [0.15, 0.2) is 12.2 Å². The van der Waals surface area contributed by atoms with Gasteiger partial charge in [-0.3, -0.25) is 0 Å². The minimum absolute atomic E-state index is 0.0823. The van der Waals surface area contributed by atoms with Crippen molar-refractivity contribution < 1.29 is 5.11 Å². The van der Waals surface area contributed by atoms with Gasteiger partial charge in [-0.2, -0.15) is 12.6 Å². The van der Waals surface area contributed by atoms with Crippen LogP contribution in [0.5, 0.6) is 0 Å². The monoisotopic (exact) mass is 301 g/mol. The number of aliphatic hydroxyl groups is 1. The first kappa shape index (κ1) is 20.0. The van der Waals surface area contributed by atoms with Gasteiger partial charge in [0.2, 0.25) is 0 Å². The van der Waals surface area contributed by atoms with Crippen molar-refractivity contribution >= 4 is 12.6 Å². The first-order valence-corrected chi connectivity index (χ1v) is 9.06. The molecule has 0 rings (SSSR count). The van der Waals surface area contributed by atoms with Gasteiger partial charge < -0.3 is 10.8 Å². The molecule has 0 spiro atoms. The number of hydrogen-bond donors (Lipinski definition) is 3. The number of aliphatic hydroxyl groups excluding tert-OH is 1. The molecule has 0 aliphatic carbocycles. The van der Waals surface area contributed by atoms with Crippen LogP contribution in [-0.4, -0.2) is 23.5 Å². The summed E-state index contributed by atoms with van der Waals surface area (Å²) in [5.74, 6) is 1.04. The Bertz CT molecular complexity index is 209. The lowest BCUT2D eigenvalue weighted by molar-refractivity contribution is 0.266. The summed E-state index contributed by atoms with van der Waals surface area (Å²) in [6.45, 7) is 0.0823. The highest BCUT2D eigenvalue weighted by atomic mass is 32.1. The Morgan fingerprint density at radius 2 is 1.30 bits per heavy atom. The maximum Gasteiger partial charge on any atom is 0.0585 e. The molecule has 0 bridgehead atoms. The molecule has 3 heteroatoms. The van der Waals surface area contributed by atoms with E-state index in [1.807, 2.05) is 0 Å². The van der Waals surface area contributed by atoms with Crippen LogP contribution in [0.2, 0.25) is 0 Å². The summed E-state index contributed by atoms with van der Waals surface area (Å²) in [5.41, 5.74) is 5.62. The fourth-order valence-corrected chi connectivity index (χ4v) is 2.48. The van der Waals surface area contributed by atoms with Gasteiger partial charge in [-0.1, -0.05) is 63.5 Å². The van der Waals surface area contributed by atoms with Gasteiger partial charge >= 0.3 is 0 Å². The molecule has 0 saturated carbocycles. The average molecular weight is 302 g/mol. The van der Waals surface area contributed by atoms with Gasteiger partial charge in [0, 0.05) is 6.04 Å². The molecule has 0 aromatic heterocycles. The second-order valence-corrected chi connectivity index (χ2v) is 6.14. The summed E-state index contributed by atoms with van der Waals surface area (Å²) in [4.78, 5) is 0. The Hall–Kier alpha value is 0.01000. The Labute approximate surface area is 131 Å². The van der Waals surface area contributed by atoms with E-state index in [9.17, 15) is 0 Å². The van der Waals surface area contributed by atoms with Crippen LogP contribution in [0.4, 0.5) is 0 Å². The zero-order chi connectivity index (χ0) is 14.9. The second-order valence-electron chi connectivity index (χ2n) is 5.70. The van der Waals surface area contributed by atoms with E-state index in [4.69, 9.17) is 10.8 Å². The minimum Gasteiger partial charge on any atom is -0.395 e. The highest BCUT2D eigenvalue weighted by Crippen LogP contribution is 2.11. The minimum atomic E-state index is -0.0843. The zero-order valence-corrected chi connectivity index (χ0v) is 14.0. The molecule has 0 aromatic rings. The Balaban J connectivity index is 3.06. The Morgan fingerprint density at radius 3 is 1.80 bits per heavy atom. The molecule has 3 N–H and O–H groups in total. The van der Waals surface area contributed by atoms with Crippen LogP contribution < -0.4 is 5.73 Å². The van der Waals surface area contributed by atoms with E-state index in [2.05, 4.69) is 24.8 Å². The van der Waals surface area contributed by atoms with E-state index in [0.29, 0.717) is 0 Å². The molecule has 0 amide bonds. The Kier molecular flexibility index (Phi) is 17.1. The predicted molar refractivity (Wildman–Crippen MR) is 93.5 cm³/mol. The molecule has 0 aliphatic rings. The van der Waals surface area contributed by atoms with Gasteiger partial charge in [0.15, 0.2) is 0 Å². The third-order valence-corrected chi connectivity index (χ3v) is 3.94. The van der Waals surface area contributed by atoms with Crippen LogP contribution in [0.3, 0.4) is 0 Å². The quantitative estimate of drug-likeness (QED) is 0.237. The summed E-state index contributed by atoms with van der Waals surface area (Å²) >= 11 is 4.23. The fraction of sp³-hybridized carbons (Fsp3) is 0.882. The van der Waals surface area contributed by atoms with Gasteiger partial charge in [0.1, 0.15) is 0 Å². The first-order valence-electron chi connectivity index (χ1n) is 8.43. The highest BCUT2D eigenvalue weighted by molar-refractivity contribution is 7.80. The van der Waals surface area contributed by atoms with E-state index >= 15 is 0 Å². The average Bonchev–Trinajstić information content (AvgIpc) is 2.47. The summed E-state index contributed by atoms with van der Waals surface area (Å²) in [6.07, 6.45) is 19.9. The fourth-order valence-electron chi connectivity index (χ4n) is 2.25. The summed E-state index contributed by atoms with van der Waals surface area (Å²) in [5, 5.41) is 8.78. The van der Waals surface area contributed by atoms with Crippen molar-refractivity contribution in [2.75, 3.05) is 12.4 Å². The van der Waals surface area contributed by atoms with Gasteiger partial charge in [-0.25, -0.2) is 0 Å². The third-order valence-electron chi connectivity index (χ3n) is 3.62. The van der Waals surface area contributed by atoms with E-state index < -0.39 is 0 Å². The normalized spacial score (nSPS) is 13.2. The summed E-state index contributed by atoms with van der Waals surface area (Å²) < 4.78 is 0. The number of thiol groups is 1. The van der Waals surface area contributed by atoms with Crippen LogP contribution in [0.1, 0.15) is 77.0 Å². The number of allylic oxidation sites excluding steroid dienone is 1. The van der Waals surface area contributed by atoms with Crippen molar-refractivity contribution in [1.29, 1.82) is 0 Å². The lowest BCUT2D eigenvalue weighted by Crippen LogP contribution is -2.22. The van der Waals surface area contributed by atoms with Crippen LogP contribution in [0.25, 0.3) is 0 Å². The number of hydrogen-bond acceptors (Lipinski definition) is 3. The van der Waals surface area contributed by atoms with Gasteiger partial charge in [0.25, 0.3) is 0 Å². The molecule has 0 fully saturated rings. The maximum absolute atomic E-state index is 8.78. The second kappa shape index (κ2) is 17.1. The molecule has 0 aliphatic heterocycles. The molecule has 1 atom stereocenters. The van der Waals surface area contributed by atoms with Crippen molar-refractivity contribution in [2.45, 2.75) is 83.1 Å². The molecule has 0 heterocycles. The molecule has 20 heavy (non-hydrogen) atoms. The maximum atomic E-state index is 8.78. The molecule has 0 unspecified atom stereocenters. The summed E-state index contributed by atoms with van der Waals surface area (Å²) in [7, 11) is 0.